The standard InChI is InChI=1S/C6H8F3NO2/c1-4-2-12-10(5(4)11)3-6(7,8)9/h4H,2-3H2,1H3/t4-/m1/s1. The normalized spacial score (nSPS) is 25.2. The smallest absolute Gasteiger partial charge is 0.272 e. The minimum Gasteiger partial charge on any atom is -0.272 e. The van der Waals surface area contributed by atoms with E-state index in [0.29, 0.717) is 5.06 Å². The van der Waals surface area contributed by atoms with Gasteiger partial charge in [0.15, 0.2) is 0 Å². The molecule has 0 bridgehead atoms. The van der Waals surface area contributed by atoms with Crippen LogP contribution in [0.5, 0.6) is 0 Å². The number of amides is 1. The third-order valence-electron chi connectivity index (χ3n) is 1.47. The summed E-state index contributed by atoms with van der Waals surface area (Å²) in [4.78, 5) is 15.4. The Kier molecular flexibility index (Phi) is 2.27. The molecule has 1 aliphatic rings. The highest BCUT2D eigenvalue weighted by Gasteiger charge is 2.38. The Labute approximate surface area is 67.0 Å². The van der Waals surface area contributed by atoms with E-state index >= 15 is 0 Å². The van der Waals surface area contributed by atoms with Crippen LogP contribution in [-0.2, 0) is 9.63 Å². The van der Waals surface area contributed by atoms with Crippen LogP contribution < -0.4 is 0 Å². The van der Waals surface area contributed by atoms with Crippen LogP contribution in [0.15, 0.2) is 0 Å². The lowest BCUT2D eigenvalue weighted by Gasteiger charge is -2.15. The van der Waals surface area contributed by atoms with Crippen LogP contribution >= 0.6 is 0 Å². The highest BCUT2D eigenvalue weighted by Crippen LogP contribution is 2.21. The monoisotopic (exact) mass is 183 g/mol. The predicted octanol–water partition coefficient (Wildman–Crippen LogP) is 0.959. The maximum Gasteiger partial charge on any atom is 0.408 e. The van der Waals surface area contributed by atoms with Gasteiger partial charge >= 0.3 is 6.18 Å². The van der Waals surface area contributed by atoms with Crippen molar-refractivity contribution in [3.8, 4) is 0 Å². The van der Waals surface area contributed by atoms with Crippen LogP contribution in [0.4, 0.5) is 13.2 Å². The highest BCUT2D eigenvalue weighted by molar-refractivity contribution is 5.78. The molecule has 12 heavy (non-hydrogen) atoms. The zero-order valence-corrected chi connectivity index (χ0v) is 6.39. The van der Waals surface area contributed by atoms with Crippen molar-refractivity contribution >= 4 is 5.91 Å². The summed E-state index contributed by atoms with van der Waals surface area (Å²) < 4.78 is 35.2. The fraction of sp³-hybridized carbons (Fsp3) is 0.833. The first-order valence-electron chi connectivity index (χ1n) is 3.41. The average Bonchev–Trinajstić information content (AvgIpc) is 2.16. The second-order valence-electron chi connectivity index (χ2n) is 2.69. The summed E-state index contributed by atoms with van der Waals surface area (Å²) in [5.41, 5.74) is 0. The van der Waals surface area contributed by atoms with Gasteiger partial charge in [-0.2, -0.15) is 13.2 Å². The zero-order chi connectivity index (χ0) is 9.35. The molecular formula is C6H8F3NO2. The maximum atomic E-state index is 11.7. The Bertz CT molecular complexity index is 192. The summed E-state index contributed by atoms with van der Waals surface area (Å²) >= 11 is 0. The summed E-state index contributed by atoms with van der Waals surface area (Å²) in [6, 6.07) is 0. The first-order chi connectivity index (χ1) is 5.40. The van der Waals surface area contributed by atoms with Crippen molar-refractivity contribution in [3.63, 3.8) is 0 Å². The largest absolute Gasteiger partial charge is 0.408 e. The molecule has 0 spiro atoms. The molecule has 1 saturated heterocycles. The molecule has 0 aromatic heterocycles. The van der Waals surface area contributed by atoms with Crippen LogP contribution in [0.1, 0.15) is 6.92 Å². The van der Waals surface area contributed by atoms with Crippen molar-refractivity contribution in [3.05, 3.63) is 0 Å². The van der Waals surface area contributed by atoms with Crippen LogP contribution in [0, 0.1) is 5.92 Å². The third kappa shape index (κ3) is 2.10. The molecule has 1 atom stereocenters. The molecule has 0 N–H and O–H groups in total. The molecule has 0 radical (unpaired) electrons. The lowest BCUT2D eigenvalue weighted by Crippen LogP contribution is -2.35. The first-order valence-corrected chi connectivity index (χ1v) is 3.41. The predicted molar refractivity (Wildman–Crippen MR) is 32.9 cm³/mol. The van der Waals surface area contributed by atoms with Gasteiger partial charge in [0.25, 0.3) is 5.91 Å². The van der Waals surface area contributed by atoms with E-state index < -0.39 is 24.5 Å². The fourth-order valence-corrected chi connectivity index (χ4v) is 0.869. The molecule has 70 valence electrons. The molecule has 0 aliphatic carbocycles. The zero-order valence-electron chi connectivity index (χ0n) is 6.39. The Morgan fingerprint density at radius 1 is 1.67 bits per heavy atom. The molecule has 1 rings (SSSR count). The number of halogens is 3. The van der Waals surface area contributed by atoms with Crippen LogP contribution in [0.2, 0.25) is 0 Å². The number of carbonyl (C=O) groups is 1. The van der Waals surface area contributed by atoms with E-state index in [4.69, 9.17) is 0 Å². The summed E-state index contributed by atoms with van der Waals surface area (Å²) in [7, 11) is 0. The Hall–Kier alpha value is -0.780. The fourth-order valence-electron chi connectivity index (χ4n) is 0.869. The Morgan fingerprint density at radius 3 is 2.58 bits per heavy atom. The van der Waals surface area contributed by atoms with E-state index in [-0.39, 0.29) is 6.61 Å². The topological polar surface area (TPSA) is 29.5 Å². The van der Waals surface area contributed by atoms with Crippen molar-refractivity contribution in [2.45, 2.75) is 13.1 Å². The van der Waals surface area contributed by atoms with Crippen molar-refractivity contribution in [2.24, 2.45) is 5.92 Å². The summed E-state index contributed by atoms with van der Waals surface area (Å²) in [6.07, 6.45) is -4.39. The second kappa shape index (κ2) is 2.93. The van der Waals surface area contributed by atoms with Gasteiger partial charge in [-0.05, 0) is 0 Å². The van der Waals surface area contributed by atoms with Gasteiger partial charge in [0.2, 0.25) is 0 Å². The summed E-state index contributed by atoms with van der Waals surface area (Å²) in [5, 5.41) is 0.366. The minimum atomic E-state index is -4.39. The summed E-state index contributed by atoms with van der Waals surface area (Å²) in [6.45, 7) is 0.240. The SMILES string of the molecule is C[C@@H]1CON(CC(F)(F)F)C1=O. The average molecular weight is 183 g/mol. The maximum absolute atomic E-state index is 11.7. The third-order valence-corrected chi connectivity index (χ3v) is 1.47. The molecular weight excluding hydrogens is 175 g/mol. The van der Waals surface area contributed by atoms with E-state index in [1.165, 1.54) is 6.92 Å². The lowest BCUT2D eigenvalue weighted by molar-refractivity contribution is -0.214. The molecule has 6 heteroatoms. The number of hydroxylamine groups is 2. The van der Waals surface area contributed by atoms with Gasteiger partial charge in [-0.15, -0.1) is 0 Å². The van der Waals surface area contributed by atoms with E-state index in [0.717, 1.165) is 0 Å². The van der Waals surface area contributed by atoms with E-state index in [1.807, 2.05) is 0 Å². The highest BCUT2D eigenvalue weighted by atomic mass is 19.4. The van der Waals surface area contributed by atoms with Gasteiger partial charge in [-0.1, -0.05) is 6.92 Å². The number of hydrogen-bond donors (Lipinski definition) is 0. The molecule has 1 amide bonds. The number of hydrogen-bond acceptors (Lipinski definition) is 2. The number of alkyl halides is 3. The molecule has 0 aromatic carbocycles. The van der Waals surface area contributed by atoms with Crippen LogP contribution in [0.3, 0.4) is 0 Å². The molecule has 0 saturated carbocycles. The number of nitrogens with zero attached hydrogens (tertiary/aromatic N) is 1. The second-order valence-corrected chi connectivity index (χ2v) is 2.69. The van der Waals surface area contributed by atoms with E-state index in [2.05, 4.69) is 4.84 Å². The lowest BCUT2D eigenvalue weighted by atomic mass is 10.2. The van der Waals surface area contributed by atoms with Crippen molar-refractivity contribution in [1.82, 2.24) is 5.06 Å². The summed E-state index contributed by atoms with van der Waals surface area (Å²) in [5.74, 6) is -1.07. The minimum absolute atomic E-state index is 0.0366. The molecule has 1 fully saturated rings. The van der Waals surface area contributed by atoms with Crippen molar-refractivity contribution < 1.29 is 22.8 Å². The van der Waals surface area contributed by atoms with E-state index in [9.17, 15) is 18.0 Å². The molecule has 3 nitrogen and oxygen atoms in total. The van der Waals surface area contributed by atoms with Gasteiger partial charge in [0.05, 0.1) is 12.5 Å². The van der Waals surface area contributed by atoms with Gasteiger partial charge in [0, 0.05) is 0 Å². The molecule has 0 unspecified atom stereocenters. The first kappa shape index (κ1) is 9.31. The molecule has 0 aromatic rings. The van der Waals surface area contributed by atoms with Crippen molar-refractivity contribution in [1.29, 1.82) is 0 Å². The van der Waals surface area contributed by atoms with Gasteiger partial charge in [-0.25, -0.2) is 5.06 Å². The van der Waals surface area contributed by atoms with Gasteiger partial charge in [-0.3, -0.25) is 9.63 Å². The van der Waals surface area contributed by atoms with Gasteiger partial charge < -0.3 is 0 Å². The molecule has 1 aliphatic heterocycles. The van der Waals surface area contributed by atoms with Gasteiger partial charge in [0.1, 0.15) is 6.54 Å². The van der Waals surface area contributed by atoms with Crippen molar-refractivity contribution in [2.75, 3.05) is 13.2 Å². The van der Waals surface area contributed by atoms with Crippen LogP contribution in [0.25, 0.3) is 0 Å². The molecule has 1 heterocycles. The Morgan fingerprint density at radius 2 is 2.25 bits per heavy atom. The quantitative estimate of drug-likeness (QED) is 0.605. The number of carbonyl (C=O) groups excluding carboxylic acids is 1. The van der Waals surface area contributed by atoms with Crippen LogP contribution in [-0.4, -0.2) is 30.3 Å². The Balaban J connectivity index is 2.50. The number of rotatable bonds is 1. The van der Waals surface area contributed by atoms with E-state index in [1.54, 1.807) is 0 Å².